The van der Waals surface area contributed by atoms with Crippen molar-refractivity contribution in [3.8, 4) is 11.5 Å². The highest BCUT2D eigenvalue weighted by atomic mass is 16.5. The number of hydrogen-bond acceptors (Lipinski definition) is 2. The third-order valence-electron chi connectivity index (χ3n) is 4.45. The first-order valence-electron chi connectivity index (χ1n) is 8.01. The van der Waals surface area contributed by atoms with Crippen LogP contribution in [0.15, 0.2) is 48.5 Å². The van der Waals surface area contributed by atoms with E-state index >= 15 is 0 Å². The Bertz CT molecular complexity index is 504. The van der Waals surface area contributed by atoms with Crippen LogP contribution in [-0.2, 0) is 0 Å². The zero-order valence-electron chi connectivity index (χ0n) is 14.0. The number of hydrogen-bond donors (Lipinski definition) is 0. The molecule has 2 atom stereocenters. The third-order valence-corrected chi connectivity index (χ3v) is 4.45. The van der Waals surface area contributed by atoms with Crippen LogP contribution in [0.2, 0.25) is 0 Å². The molecule has 0 spiro atoms. The van der Waals surface area contributed by atoms with E-state index in [1.807, 2.05) is 0 Å². The van der Waals surface area contributed by atoms with E-state index in [4.69, 9.17) is 9.47 Å². The molecule has 2 heteroatoms. The molecular formula is C20H26O2. The third kappa shape index (κ3) is 3.62. The molecule has 22 heavy (non-hydrogen) atoms. The van der Waals surface area contributed by atoms with Gasteiger partial charge < -0.3 is 9.47 Å². The highest BCUT2D eigenvalue weighted by Crippen LogP contribution is 2.38. The molecule has 0 N–H and O–H groups in total. The van der Waals surface area contributed by atoms with Gasteiger partial charge in [0.25, 0.3) is 0 Å². The fourth-order valence-electron chi connectivity index (χ4n) is 3.21. The van der Waals surface area contributed by atoms with Gasteiger partial charge in [-0.2, -0.15) is 0 Å². The average molecular weight is 298 g/mol. The Balaban J connectivity index is 2.28. The lowest BCUT2D eigenvalue weighted by Crippen LogP contribution is -2.10. The minimum Gasteiger partial charge on any atom is -0.497 e. The van der Waals surface area contributed by atoms with Crippen LogP contribution in [0.4, 0.5) is 0 Å². The van der Waals surface area contributed by atoms with E-state index in [0.29, 0.717) is 11.8 Å². The van der Waals surface area contributed by atoms with Gasteiger partial charge in [0.1, 0.15) is 11.5 Å². The molecule has 0 aliphatic heterocycles. The Hall–Kier alpha value is -1.96. The summed E-state index contributed by atoms with van der Waals surface area (Å²) >= 11 is 0. The van der Waals surface area contributed by atoms with E-state index in [2.05, 4.69) is 62.4 Å². The zero-order chi connectivity index (χ0) is 15.9. The van der Waals surface area contributed by atoms with Crippen molar-refractivity contribution in [1.29, 1.82) is 0 Å². The molecular weight excluding hydrogens is 272 g/mol. The van der Waals surface area contributed by atoms with Gasteiger partial charge >= 0.3 is 0 Å². The molecule has 0 aliphatic rings. The van der Waals surface area contributed by atoms with E-state index in [0.717, 1.165) is 24.3 Å². The molecule has 2 nitrogen and oxygen atoms in total. The van der Waals surface area contributed by atoms with Crippen molar-refractivity contribution < 1.29 is 9.47 Å². The van der Waals surface area contributed by atoms with Gasteiger partial charge in [0, 0.05) is 0 Å². The first-order chi connectivity index (χ1) is 10.7. The van der Waals surface area contributed by atoms with E-state index in [-0.39, 0.29) is 0 Å². The Morgan fingerprint density at radius 1 is 0.636 bits per heavy atom. The van der Waals surface area contributed by atoms with Crippen molar-refractivity contribution in [2.45, 2.75) is 38.5 Å². The summed E-state index contributed by atoms with van der Waals surface area (Å²) in [6, 6.07) is 17.0. The average Bonchev–Trinajstić information content (AvgIpc) is 2.60. The lowest BCUT2D eigenvalue weighted by atomic mass is 9.78. The summed E-state index contributed by atoms with van der Waals surface area (Å²) in [6.07, 6.45) is 2.24. The largest absolute Gasteiger partial charge is 0.497 e. The predicted molar refractivity (Wildman–Crippen MR) is 92.1 cm³/mol. The standard InChI is InChI=1S/C20H26O2/c1-5-19(15-7-11-17(21-3)12-8-15)20(6-2)16-9-13-18(22-4)14-10-16/h7-14,19-20H,5-6H2,1-4H3/t19-,20-/m1/s1. The quantitative estimate of drug-likeness (QED) is 0.682. The highest BCUT2D eigenvalue weighted by Gasteiger charge is 2.22. The molecule has 2 rings (SSSR count). The van der Waals surface area contributed by atoms with Crippen molar-refractivity contribution in [2.75, 3.05) is 14.2 Å². The van der Waals surface area contributed by atoms with Crippen LogP contribution < -0.4 is 9.47 Å². The normalized spacial score (nSPS) is 13.5. The van der Waals surface area contributed by atoms with Gasteiger partial charge in [-0.25, -0.2) is 0 Å². The summed E-state index contributed by atoms with van der Waals surface area (Å²) in [5.74, 6) is 2.86. The van der Waals surface area contributed by atoms with Crippen molar-refractivity contribution in [2.24, 2.45) is 0 Å². The number of benzene rings is 2. The molecule has 0 aromatic heterocycles. The van der Waals surface area contributed by atoms with Gasteiger partial charge in [0.15, 0.2) is 0 Å². The maximum absolute atomic E-state index is 5.27. The van der Waals surface area contributed by atoms with E-state index < -0.39 is 0 Å². The van der Waals surface area contributed by atoms with Crippen LogP contribution in [0.3, 0.4) is 0 Å². The Morgan fingerprint density at radius 3 is 1.18 bits per heavy atom. The van der Waals surface area contributed by atoms with Gasteiger partial charge in [-0.15, -0.1) is 0 Å². The molecule has 2 aromatic carbocycles. The minimum atomic E-state index is 0.518. The van der Waals surface area contributed by atoms with Crippen LogP contribution in [-0.4, -0.2) is 14.2 Å². The molecule has 0 saturated carbocycles. The second kappa shape index (κ2) is 7.88. The van der Waals surface area contributed by atoms with E-state index in [9.17, 15) is 0 Å². The smallest absolute Gasteiger partial charge is 0.118 e. The number of rotatable bonds is 7. The number of methoxy groups -OCH3 is 2. The SMILES string of the molecule is CC[C@H](c1ccc(OC)cc1)[C@H](CC)c1ccc(OC)cc1. The second-order valence-electron chi connectivity index (χ2n) is 5.58. The van der Waals surface area contributed by atoms with Crippen LogP contribution >= 0.6 is 0 Å². The van der Waals surface area contributed by atoms with E-state index in [1.54, 1.807) is 14.2 Å². The summed E-state index contributed by atoms with van der Waals surface area (Å²) in [6.45, 7) is 4.53. The molecule has 0 aliphatic carbocycles. The van der Waals surface area contributed by atoms with Crippen LogP contribution in [0.1, 0.15) is 49.7 Å². The fraction of sp³-hybridized carbons (Fsp3) is 0.400. The number of ether oxygens (including phenoxy) is 2. The van der Waals surface area contributed by atoms with Gasteiger partial charge in [-0.1, -0.05) is 38.1 Å². The summed E-state index contributed by atoms with van der Waals surface area (Å²) in [5.41, 5.74) is 2.76. The predicted octanol–water partition coefficient (Wildman–Crippen LogP) is 5.39. The summed E-state index contributed by atoms with van der Waals surface area (Å²) in [7, 11) is 3.41. The fourth-order valence-corrected chi connectivity index (χ4v) is 3.21. The Kier molecular flexibility index (Phi) is 5.88. The minimum absolute atomic E-state index is 0.518. The van der Waals surface area contributed by atoms with Crippen molar-refractivity contribution in [3.63, 3.8) is 0 Å². The Morgan fingerprint density at radius 2 is 0.955 bits per heavy atom. The molecule has 0 saturated heterocycles. The Labute approximate surface area is 134 Å². The van der Waals surface area contributed by atoms with Crippen molar-refractivity contribution in [1.82, 2.24) is 0 Å². The lowest BCUT2D eigenvalue weighted by molar-refractivity contribution is 0.413. The van der Waals surface area contributed by atoms with E-state index in [1.165, 1.54) is 11.1 Å². The molecule has 0 fully saturated rings. The molecule has 118 valence electrons. The van der Waals surface area contributed by atoms with Crippen molar-refractivity contribution in [3.05, 3.63) is 59.7 Å². The topological polar surface area (TPSA) is 18.5 Å². The van der Waals surface area contributed by atoms with Crippen LogP contribution in [0.5, 0.6) is 11.5 Å². The van der Waals surface area contributed by atoms with Gasteiger partial charge in [-0.05, 0) is 60.1 Å². The molecule has 2 aromatic rings. The van der Waals surface area contributed by atoms with Gasteiger partial charge in [0.05, 0.1) is 14.2 Å². The van der Waals surface area contributed by atoms with Gasteiger partial charge in [-0.3, -0.25) is 0 Å². The van der Waals surface area contributed by atoms with Crippen LogP contribution in [0, 0.1) is 0 Å². The lowest BCUT2D eigenvalue weighted by Gasteiger charge is -2.26. The van der Waals surface area contributed by atoms with Gasteiger partial charge in [0.2, 0.25) is 0 Å². The maximum Gasteiger partial charge on any atom is 0.118 e. The molecule has 0 unspecified atom stereocenters. The molecule has 0 bridgehead atoms. The molecule has 0 radical (unpaired) electrons. The summed E-state index contributed by atoms with van der Waals surface area (Å²) < 4.78 is 10.5. The van der Waals surface area contributed by atoms with Crippen LogP contribution in [0.25, 0.3) is 0 Å². The first-order valence-corrected chi connectivity index (χ1v) is 8.01. The molecule has 0 amide bonds. The monoisotopic (exact) mass is 298 g/mol. The molecule has 0 heterocycles. The highest BCUT2D eigenvalue weighted by molar-refractivity contribution is 5.35. The van der Waals surface area contributed by atoms with Crippen molar-refractivity contribution >= 4 is 0 Å². The maximum atomic E-state index is 5.27. The summed E-state index contributed by atoms with van der Waals surface area (Å²) in [5, 5.41) is 0. The second-order valence-corrected chi connectivity index (χ2v) is 5.58. The first kappa shape index (κ1) is 16.4. The summed E-state index contributed by atoms with van der Waals surface area (Å²) in [4.78, 5) is 0. The zero-order valence-corrected chi connectivity index (χ0v) is 14.0.